The van der Waals surface area contributed by atoms with Gasteiger partial charge in [-0.15, -0.1) is 0 Å². The molecule has 0 spiro atoms. The second kappa shape index (κ2) is 9.87. The van der Waals surface area contributed by atoms with Crippen LogP contribution in [0.2, 0.25) is 0 Å². The molecule has 1 aliphatic rings. The minimum atomic E-state index is -3.71. The molecule has 2 aromatic carbocycles. The molecule has 0 radical (unpaired) electrons. The average molecular weight is 419 g/mol. The van der Waals surface area contributed by atoms with E-state index in [0.717, 1.165) is 39.3 Å². The zero-order valence-electron chi connectivity index (χ0n) is 16.5. The highest BCUT2D eigenvalue weighted by molar-refractivity contribution is 7.92. The molecular formula is C21H26N2O5S. The molecule has 0 saturated carbocycles. The first-order valence-corrected chi connectivity index (χ1v) is 11.1. The topological polar surface area (TPSA) is 84.9 Å². The molecule has 3 rings (SSSR count). The second-order valence-corrected chi connectivity index (χ2v) is 8.55. The highest BCUT2D eigenvalue weighted by Gasteiger charge is 2.15. The van der Waals surface area contributed by atoms with E-state index in [9.17, 15) is 13.2 Å². The summed E-state index contributed by atoms with van der Waals surface area (Å²) in [5, 5.41) is 0. The quantitative estimate of drug-likeness (QED) is 0.498. The van der Waals surface area contributed by atoms with E-state index in [0.29, 0.717) is 23.6 Å². The minimum Gasteiger partial charge on any atom is -0.494 e. The van der Waals surface area contributed by atoms with E-state index < -0.39 is 10.0 Å². The summed E-state index contributed by atoms with van der Waals surface area (Å²) in [7, 11) is -3.71. The Kier molecular flexibility index (Phi) is 7.24. The molecule has 1 saturated heterocycles. The van der Waals surface area contributed by atoms with Gasteiger partial charge < -0.3 is 9.47 Å². The Morgan fingerprint density at radius 1 is 1.07 bits per heavy atom. The van der Waals surface area contributed by atoms with Crippen LogP contribution in [0.1, 0.15) is 23.7 Å². The van der Waals surface area contributed by atoms with Crippen LogP contribution >= 0.6 is 0 Å². The van der Waals surface area contributed by atoms with Crippen LogP contribution < -0.4 is 9.46 Å². The molecule has 0 aromatic heterocycles. The largest absolute Gasteiger partial charge is 0.494 e. The highest BCUT2D eigenvalue weighted by Crippen LogP contribution is 2.20. The molecule has 0 amide bonds. The van der Waals surface area contributed by atoms with Gasteiger partial charge in [0.25, 0.3) is 10.0 Å². The van der Waals surface area contributed by atoms with Crippen LogP contribution in [0.5, 0.6) is 5.75 Å². The maximum atomic E-state index is 12.5. The van der Waals surface area contributed by atoms with Crippen molar-refractivity contribution in [2.24, 2.45) is 0 Å². The SMILES string of the molecule is CC(=O)c1ccc(NS(=O)(=O)c2ccc(OCCCN3CCOCC3)cc2)cc1. The summed E-state index contributed by atoms with van der Waals surface area (Å²) in [6.07, 6.45) is 0.901. The van der Waals surface area contributed by atoms with Crippen LogP contribution in [0.15, 0.2) is 53.4 Å². The van der Waals surface area contributed by atoms with Gasteiger partial charge >= 0.3 is 0 Å². The number of nitrogens with zero attached hydrogens (tertiary/aromatic N) is 1. The van der Waals surface area contributed by atoms with Crippen LogP contribution in [0.25, 0.3) is 0 Å². The fourth-order valence-electron chi connectivity index (χ4n) is 3.01. The van der Waals surface area contributed by atoms with Gasteiger partial charge in [-0.1, -0.05) is 0 Å². The number of carbonyl (C=O) groups excluding carboxylic acids is 1. The van der Waals surface area contributed by atoms with Crippen LogP contribution in [-0.2, 0) is 14.8 Å². The number of rotatable bonds is 9. The maximum absolute atomic E-state index is 12.5. The highest BCUT2D eigenvalue weighted by atomic mass is 32.2. The summed E-state index contributed by atoms with van der Waals surface area (Å²) >= 11 is 0. The van der Waals surface area contributed by atoms with Crippen molar-refractivity contribution in [3.8, 4) is 5.75 Å². The van der Waals surface area contributed by atoms with Crippen molar-refractivity contribution in [2.75, 3.05) is 44.2 Å². The van der Waals surface area contributed by atoms with E-state index in [1.54, 1.807) is 36.4 Å². The zero-order valence-corrected chi connectivity index (χ0v) is 17.3. The van der Waals surface area contributed by atoms with Gasteiger partial charge in [0.15, 0.2) is 5.78 Å². The average Bonchev–Trinajstić information content (AvgIpc) is 2.72. The number of carbonyl (C=O) groups is 1. The van der Waals surface area contributed by atoms with E-state index in [-0.39, 0.29) is 10.7 Å². The van der Waals surface area contributed by atoms with E-state index in [1.165, 1.54) is 19.1 Å². The van der Waals surface area contributed by atoms with Gasteiger partial charge in [0, 0.05) is 30.9 Å². The molecule has 1 heterocycles. The van der Waals surface area contributed by atoms with E-state index in [4.69, 9.17) is 9.47 Å². The molecule has 2 aromatic rings. The molecule has 156 valence electrons. The molecule has 29 heavy (non-hydrogen) atoms. The molecule has 1 aliphatic heterocycles. The number of ether oxygens (including phenoxy) is 2. The number of sulfonamides is 1. The van der Waals surface area contributed by atoms with Crippen molar-refractivity contribution < 1.29 is 22.7 Å². The smallest absolute Gasteiger partial charge is 0.261 e. The first kappa shape index (κ1) is 21.3. The van der Waals surface area contributed by atoms with Gasteiger partial charge in [-0.25, -0.2) is 8.42 Å². The number of benzene rings is 2. The van der Waals surface area contributed by atoms with Crippen LogP contribution in [-0.4, -0.2) is 58.6 Å². The van der Waals surface area contributed by atoms with Gasteiger partial charge in [0.05, 0.1) is 24.7 Å². The van der Waals surface area contributed by atoms with Crippen LogP contribution in [0, 0.1) is 0 Å². The number of hydrogen-bond donors (Lipinski definition) is 1. The lowest BCUT2D eigenvalue weighted by Gasteiger charge is -2.26. The monoisotopic (exact) mass is 418 g/mol. The first-order chi connectivity index (χ1) is 13.9. The predicted octanol–water partition coefficient (Wildman–Crippen LogP) is 2.79. The van der Waals surface area contributed by atoms with Crippen molar-refractivity contribution in [3.63, 3.8) is 0 Å². The Labute approximate surface area is 171 Å². The van der Waals surface area contributed by atoms with Crippen molar-refractivity contribution in [2.45, 2.75) is 18.2 Å². The Morgan fingerprint density at radius 3 is 2.34 bits per heavy atom. The minimum absolute atomic E-state index is 0.0695. The van der Waals surface area contributed by atoms with E-state index in [2.05, 4.69) is 9.62 Å². The number of morpholine rings is 1. The molecule has 7 nitrogen and oxygen atoms in total. The molecule has 0 bridgehead atoms. The van der Waals surface area contributed by atoms with Gasteiger partial charge in [-0.2, -0.15) is 0 Å². The second-order valence-electron chi connectivity index (χ2n) is 6.87. The number of anilines is 1. The third-order valence-corrected chi connectivity index (χ3v) is 6.07. The van der Waals surface area contributed by atoms with Gasteiger partial charge in [-0.05, 0) is 61.9 Å². The first-order valence-electron chi connectivity index (χ1n) is 9.61. The van der Waals surface area contributed by atoms with Crippen molar-refractivity contribution >= 4 is 21.5 Å². The lowest BCUT2D eigenvalue weighted by Crippen LogP contribution is -2.37. The third kappa shape index (κ3) is 6.28. The predicted molar refractivity (Wildman–Crippen MR) is 111 cm³/mol. The van der Waals surface area contributed by atoms with Crippen molar-refractivity contribution in [3.05, 3.63) is 54.1 Å². The Morgan fingerprint density at radius 2 is 1.72 bits per heavy atom. The molecule has 0 unspecified atom stereocenters. The Balaban J connectivity index is 1.50. The molecule has 1 fully saturated rings. The number of nitrogens with one attached hydrogen (secondary N) is 1. The lowest BCUT2D eigenvalue weighted by atomic mass is 10.1. The Hall–Kier alpha value is -2.42. The molecule has 8 heteroatoms. The summed E-state index contributed by atoms with van der Waals surface area (Å²) in [6.45, 7) is 6.48. The summed E-state index contributed by atoms with van der Waals surface area (Å²) < 4.78 is 38.6. The molecule has 1 N–H and O–H groups in total. The molecule has 0 atom stereocenters. The van der Waals surface area contributed by atoms with Gasteiger partial charge in [0.2, 0.25) is 0 Å². The third-order valence-electron chi connectivity index (χ3n) is 4.67. The standard InChI is InChI=1S/C21H26N2O5S/c1-17(24)18-3-5-19(6-4-18)22-29(25,26)21-9-7-20(8-10-21)28-14-2-11-23-12-15-27-16-13-23/h3-10,22H,2,11-16H2,1H3. The molecular weight excluding hydrogens is 392 g/mol. The van der Waals surface area contributed by atoms with Gasteiger partial charge in [0.1, 0.15) is 5.75 Å². The van der Waals surface area contributed by atoms with E-state index >= 15 is 0 Å². The summed E-state index contributed by atoms with van der Waals surface area (Å²) in [5.74, 6) is 0.566. The maximum Gasteiger partial charge on any atom is 0.261 e. The summed E-state index contributed by atoms with van der Waals surface area (Å²) in [4.78, 5) is 13.8. The van der Waals surface area contributed by atoms with Gasteiger partial charge in [-0.3, -0.25) is 14.4 Å². The lowest BCUT2D eigenvalue weighted by molar-refractivity contribution is 0.0358. The number of hydrogen-bond acceptors (Lipinski definition) is 6. The van der Waals surface area contributed by atoms with Crippen LogP contribution in [0.4, 0.5) is 5.69 Å². The zero-order chi connectivity index (χ0) is 20.7. The summed E-state index contributed by atoms with van der Waals surface area (Å²) in [5.41, 5.74) is 0.932. The van der Waals surface area contributed by atoms with Crippen molar-refractivity contribution in [1.82, 2.24) is 4.90 Å². The normalized spacial score (nSPS) is 15.1. The number of ketones is 1. The Bertz CT molecular complexity index is 905. The summed E-state index contributed by atoms with van der Waals surface area (Å²) in [6, 6.07) is 12.7. The van der Waals surface area contributed by atoms with Crippen LogP contribution in [0.3, 0.4) is 0 Å². The molecule has 0 aliphatic carbocycles. The number of Topliss-reactive ketones (excluding diaryl/α,β-unsaturated/α-hetero) is 1. The van der Waals surface area contributed by atoms with E-state index in [1.807, 2.05) is 0 Å². The fourth-order valence-corrected chi connectivity index (χ4v) is 4.06. The fraction of sp³-hybridized carbons (Fsp3) is 0.381. The van der Waals surface area contributed by atoms with Crippen molar-refractivity contribution in [1.29, 1.82) is 0 Å².